The Kier molecular flexibility index (Phi) is 2.86. The van der Waals surface area contributed by atoms with Crippen molar-refractivity contribution in [3.63, 3.8) is 0 Å². The van der Waals surface area contributed by atoms with Crippen LogP contribution in [0.15, 0.2) is 16.7 Å². The van der Waals surface area contributed by atoms with E-state index in [0.717, 1.165) is 11.9 Å². The minimum atomic E-state index is -0.482. The van der Waals surface area contributed by atoms with E-state index in [1.807, 2.05) is 0 Å². The van der Waals surface area contributed by atoms with E-state index in [-0.39, 0.29) is 5.02 Å². The predicted octanol–water partition coefficient (Wildman–Crippen LogP) is 3.13. The molecule has 3 aliphatic rings. The van der Waals surface area contributed by atoms with Crippen LogP contribution in [0.5, 0.6) is 0 Å². The zero-order chi connectivity index (χ0) is 13.7. The molecule has 5 rings (SSSR count). The average molecular weight is 296 g/mol. The van der Waals surface area contributed by atoms with Crippen molar-refractivity contribution in [1.29, 1.82) is 0 Å². The van der Waals surface area contributed by atoms with Crippen LogP contribution in [0.2, 0.25) is 5.02 Å². The number of aromatic nitrogens is 1. The Labute approximate surface area is 120 Å². The molecule has 1 aromatic carbocycles. The first kappa shape index (κ1) is 12.4. The first-order chi connectivity index (χ1) is 9.72. The second kappa shape index (κ2) is 4.60. The fourth-order valence-electron chi connectivity index (χ4n) is 3.36. The number of piperidine rings is 3. The number of hydrogen-bond acceptors (Lipinski definition) is 4. The molecule has 106 valence electrons. The van der Waals surface area contributed by atoms with Crippen LogP contribution >= 0.6 is 11.6 Å². The molecule has 0 aliphatic carbocycles. The molecule has 1 aromatic heterocycles. The maximum Gasteiger partial charge on any atom is 0.190 e. The Morgan fingerprint density at radius 3 is 2.85 bits per heavy atom. The lowest BCUT2D eigenvalue weighted by atomic mass is 9.84. The maximum atomic E-state index is 13.4. The lowest BCUT2D eigenvalue weighted by molar-refractivity contribution is 0.0973. The first-order valence-corrected chi connectivity index (χ1v) is 7.32. The van der Waals surface area contributed by atoms with E-state index in [1.165, 1.54) is 32.0 Å². The zero-order valence-electron chi connectivity index (χ0n) is 10.9. The van der Waals surface area contributed by atoms with Gasteiger partial charge in [0, 0.05) is 12.6 Å². The summed E-state index contributed by atoms with van der Waals surface area (Å²) in [4.78, 5) is 2.46. The van der Waals surface area contributed by atoms with E-state index >= 15 is 0 Å². The monoisotopic (exact) mass is 295 g/mol. The maximum absolute atomic E-state index is 13.4. The summed E-state index contributed by atoms with van der Waals surface area (Å²) in [6, 6.07) is 3.40. The number of hydrogen-bond donors (Lipinski definition) is 1. The summed E-state index contributed by atoms with van der Waals surface area (Å²) in [7, 11) is 0. The van der Waals surface area contributed by atoms with Crippen molar-refractivity contribution in [2.45, 2.75) is 18.9 Å². The van der Waals surface area contributed by atoms with E-state index in [4.69, 9.17) is 16.1 Å². The molecular formula is C14H15ClFN3O. The van der Waals surface area contributed by atoms with Crippen LogP contribution in [0.4, 0.5) is 10.2 Å². The van der Waals surface area contributed by atoms with Crippen molar-refractivity contribution in [1.82, 2.24) is 10.1 Å². The van der Waals surface area contributed by atoms with Gasteiger partial charge < -0.3 is 14.7 Å². The van der Waals surface area contributed by atoms with Gasteiger partial charge in [-0.1, -0.05) is 16.8 Å². The van der Waals surface area contributed by atoms with Crippen molar-refractivity contribution in [2.75, 3.05) is 25.0 Å². The molecule has 0 amide bonds. The van der Waals surface area contributed by atoms with E-state index in [9.17, 15) is 4.39 Å². The lowest BCUT2D eigenvalue weighted by Crippen LogP contribution is -2.53. The highest BCUT2D eigenvalue weighted by Gasteiger charge is 2.34. The van der Waals surface area contributed by atoms with Crippen molar-refractivity contribution in [2.24, 2.45) is 5.92 Å². The van der Waals surface area contributed by atoms with Gasteiger partial charge >= 0.3 is 0 Å². The fraction of sp³-hybridized carbons (Fsp3) is 0.500. The standard InChI is InChI=1S/C14H15ClFN3O/c15-12-10(16)2-1-9-13(12)20-18-14(9)17-11-7-19-5-3-8(11)4-6-19/h1-2,8,11H,3-7H2,(H,17,18)/t11-/m0/s1. The lowest BCUT2D eigenvalue weighted by Gasteiger charge is -2.44. The number of nitrogens with zero attached hydrogens (tertiary/aromatic N) is 2. The number of benzene rings is 1. The molecule has 2 bridgehead atoms. The molecule has 6 heteroatoms. The Morgan fingerprint density at radius 2 is 2.15 bits per heavy atom. The summed E-state index contributed by atoms with van der Waals surface area (Å²) >= 11 is 5.90. The smallest absolute Gasteiger partial charge is 0.190 e. The molecule has 0 radical (unpaired) electrons. The summed E-state index contributed by atoms with van der Waals surface area (Å²) < 4.78 is 18.6. The Balaban J connectivity index is 1.65. The van der Waals surface area contributed by atoms with Gasteiger partial charge in [0.2, 0.25) is 0 Å². The molecule has 1 atom stereocenters. The van der Waals surface area contributed by atoms with Gasteiger partial charge in [-0.15, -0.1) is 0 Å². The van der Waals surface area contributed by atoms with E-state index < -0.39 is 5.82 Å². The summed E-state index contributed by atoms with van der Waals surface area (Å²) in [5.74, 6) is 0.869. The molecule has 4 heterocycles. The van der Waals surface area contributed by atoms with Gasteiger partial charge in [0.1, 0.15) is 10.8 Å². The van der Waals surface area contributed by atoms with Gasteiger partial charge in [0.05, 0.1) is 5.39 Å². The van der Waals surface area contributed by atoms with Crippen LogP contribution in [0.25, 0.3) is 11.0 Å². The summed E-state index contributed by atoms with van der Waals surface area (Å²) in [5, 5.41) is 8.21. The summed E-state index contributed by atoms with van der Waals surface area (Å²) in [6.45, 7) is 3.42. The van der Waals surface area contributed by atoms with Crippen LogP contribution in [0, 0.1) is 11.7 Å². The molecular weight excluding hydrogens is 281 g/mol. The average Bonchev–Trinajstić information content (AvgIpc) is 2.88. The molecule has 0 spiro atoms. The molecule has 1 N–H and O–H groups in total. The summed E-state index contributed by atoms with van der Waals surface area (Å²) in [6.07, 6.45) is 2.45. The van der Waals surface area contributed by atoms with Crippen LogP contribution in [-0.4, -0.2) is 35.7 Å². The molecule has 4 nitrogen and oxygen atoms in total. The van der Waals surface area contributed by atoms with Crippen LogP contribution < -0.4 is 5.32 Å². The largest absolute Gasteiger partial charge is 0.362 e. The van der Waals surface area contributed by atoms with Crippen molar-refractivity contribution in [3.05, 3.63) is 23.0 Å². The van der Waals surface area contributed by atoms with Gasteiger partial charge in [0.25, 0.3) is 0 Å². The third-order valence-electron chi connectivity index (χ3n) is 4.51. The van der Waals surface area contributed by atoms with E-state index in [1.54, 1.807) is 6.07 Å². The number of halogens is 2. The van der Waals surface area contributed by atoms with Gasteiger partial charge in [-0.25, -0.2) is 4.39 Å². The highest BCUT2D eigenvalue weighted by atomic mass is 35.5. The fourth-order valence-corrected chi connectivity index (χ4v) is 3.56. The molecule has 2 aromatic rings. The minimum Gasteiger partial charge on any atom is -0.362 e. The van der Waals surface area contributed by atoms with Crippen LogP contribution in [-0.2, 0) is 0 Å². The van der Waals surface area contributed by atoms with Crippen molar-refractivity contribution < 1.29 is 8.91 Å². The second-order valence-electron chi connectivity index (χ2n) is 5.66. The molecule has 3 aliphatic heterocycles. The highest BCUT2D eigenvalue weighted by Crippen LogP contribution is 2.34. The number of nitrogens with one attached hydrogen (secondary N) is 1. The minimum absolute atomic E-state index is 0.00281. The van der Waals surface area contributed by atoms with Crippen LogP contribution in [0.1, 0.15) is 12.8 Å². The van der Waals surface area contributed by atoms with Gasteiger partial charge in [-0.3, -0.25) is 0 Å². The first-order valence-electron chi connectivity index (χ1n) is 6.94. The molecule has 3 saturated heterocycles. The third-order valence-corrected chi connectivity index (χ3v) is 4.86. The third kappa shape index (κ3) is 1.88. The Hall–Kier alpha value is -1.33. The summed E-state index contributed by atoms with van der Waals surface area (Å²) in [5.41, 5.74) is 0.315. The molecule has 20 heavy (non-hydrogen) atoms. The molecule has 0 saturated carbocycles. The Morgan fingerprint density at radius 1 is 1.35 bits per heavy atom. The van der Waals surface area contributed by atoms with Crippen molar-refractivity contribution in [3.8, 4) is 0 Å². The Bertz CT molecular complexity index is 651. The zero-order valence-corrected chi connectivity index (χ0v) is 11.7. The second-order valence-corrected chi connectivity index (χ2v) is 6.04. The normalized spacial score (nSPS) is 29.0. The molecule has 3 fully saturated rings. The van der Waals surface area contributed by atoms with E-state index in [0.29, 0.717) is 23.4 Å². The van der Waals surface area contributed by atoms with Gasteiger partial charge in [-0.2, -0.15) is 0 Å². The molecule has 0 unspecified atom stereocenters. The number of fused-ring (bicyclic) bond motifs is 4. The topological polar surface area (TPSA) is 41.3 Å². The predicted molar refractivity (Wildman–Crippen MR) is 75.6 cm³/mol. The number of anilines is 1. The van der Waals surface area contributed by atoms with Crippen LogP contribution in [0.3, 0.4) is 0 Å². The highest BCUT2D eigenvalue weighted by molar-refractivity contribution is 6.35. The van der Waals surface area contributed by atoms with Crippen molar-refractivity contribution >= 4 is 28.4 Å². The van der Waals surface area contributed by atoms with Gasteiger partial charge in [0.15, 0.2) is 11.4 Å². The van der Waals surface area contributed by atoms with Gasteiger partial charge in [-0.05, 0) is 44.0 Å². The SMILES string of the molecule is Fc1ccc2c(N[C@H]3CN4CCC3CC4)noc2c1Cl. The quantitative estimate of drug-likeness (QED) is 0.924. The van der Waals surface area contributed by atoms with E-state index in [2.05, 4.69) is 15.4 Å². The number of rotatable bonds is 2.